The lowest BCUT2D eigenvalue weighted by molar-refractivity contribution is -0.104. The summed E-state index contributed by atoms with van der Waals surface area (Å²) in [6.45, 7) is 7.10. The van der Waals surface area contributed by atoms with Crippen LogP contribution in [-0.4, -0.2) is 67.3 Å². The Morgan fingerprint density at radius 2 is 2.00 bits per heavy atom. The summed E-state index contributed by atoms with van der Waals surface area (Å²) in [5.74, 6) is 0. The molecule has 19 heavy (non-hydrogen) atoms. The third-order valence-corrected chi connectivity index (χ3v) is 4.25. The van der Waals surface area contributed by atoms with Crippen molar-refractivity contribution in [3.05, 3.63) is 0 Å². The van der Waals surface area contributed by atoms with E-state index in [1.165, 1.54) is 19.3 Å². The van der Waals surface area contributed by atoms with Crippen molar-refractivity contribution in [2.45, 2.75) is 56.8 Å². The third-order valence-electron chi connectivity index (χ3n) is 4.25. The quantitative estimate of drug-likeness (QED) is 0.852. The summed E-state index contributed by atoms with van der Waals surface area (Å²) in [6.07, 6.45) is 4.09. The smallest absolute Gasteiger partial charge is 0.0745 e. The molecule has 3 unspecified atom stereocenters. The second kappa shape index (κ2) is 6.72. The number of fused-ring (bicyclic) bond motifs is 1. The highest BCUT2D eigenvalue weighted by Crippen LogP contribution is 2.30. The summed E-state index contributed by atoms with van der Waals surface area (Å²) in [7, 11) is 4.35. The highest BCUT2D eigenvalue weighted by atomic mass is 35.5. The van der Waals surface area contributed by atoms with Crippen molar-refractivity contribution in [2.75, 3.05) is 33.8 Å². The summed E-state index contributed by atoms with van der Waals surface area (Å²) in [4.78, 5) is 4.89. The summed E-state index contributed by atoms with van der Waals surface area (Å²) in [5, 5.41) is 0. The van der Waals surface area contributed by atoms with E-state index in [1.54, 1.807) is 0 Å². The maximum Gasteiger partial charge on any atom is 0.0745 e. The lowest BCUT2D eigenvalue weighted by Gasteiger charge is -2.48. The van der Waals surface area contributed by atoms with Crippen LogP contribution in [0.4, 0.5) is 0 Å². The predicted octanol–water partition coefficient (Wildman–Crippen LogP) is 1.33. The van der Waals surface area contributed by atoms with E-state index in [1.807, 2.05) is 0 Å². The molecule has 1 saturated heterocycles. The van der Waals surface area contributed by atoms with E-state index in [-0.39, 0.29) is 17.9 Å². The SMILES string of the molecule is CN(C)C1CCC2C(C1)OCCN2CC(C)(C)N.Cl. The van der Waals surface area contributed by atoms with Gasteiger partial charge in [-0.25, -0.2) is 0 Å². The normalized spacial score (nSPS) is 32.8. The van der Waals surface area contributed by atoms with Gasteiger partial charge in [-0.3, -0.25) is 4.90 Å². The van der Waals surface area contributed by atoms with Gasteiger partial charge in [-0.15, -0.1) is 12.4 Å². The zero-order valence-corrected chi connectivity index (χ0v) is 13.6. The Kier molecular flexibility index (Phi) is 6.08. The van der Waals surface area contributed by atoms with Crippen molar-refractivity contribution in [2.24, 2.45) is 5.73 Å². The van der Waals surface area contributed by atoms with E-state index < -0.39 is 0 Å². The van der Waals surface area contributed by atoms with Crippen LogP contribution in [0.5, 0.6) is 0 Å². The van der Waals surface area contributed by atoms with Crippen molar-refractivity contribution in [1.82, 2.24) is 9.80 Å². The summed E-state index contributed by atoms with van der Waals surface area (Å²) in [5.41, 5.74) is 6.06. The Bertz CT molecular complexity index is 280. The number of hydrogen-bond donors (Lipinski definition) is 1. The van der Waals surface area contributed by atoms with E-state index in [9.17, 15) is 0 Å². The fourth-order valence-corrected chi connectivity index (χ4v) is 3.36. The molecular weight excluding hydrogens is 262 g/mol. The first-order valence-corrected chi connectivity index (χ1v) is 7.18. The summed E-state index contributed by atoms with van der Waals surface area (Å²) >= 11 is 0. The molecule has 0 aromatic carbocycles. The van der Waals surface area contributed by atoms with E-state index in [0.29, 0.717) is 18.2 Å². The predicted molar refractivity (Wildman–Crippen MR) is 81.9 cm³/mol. The van der Waals surface area contributed by atoms with Crippen molar-refractivity contribution < 1.29 is 4.74 Å². The molecule has 0 aromatic heterocycles. The van der Waals surface area contributed by atoms with Gasteiger partial charge in [0.1, 0.15) is 0 Å². The Morgan fingerprint density at radius 3 is 2.58 bits per heavy atom. The lowest BCUT2D eigenvalue weighted by atomic mass is 9.85. The van der Waals surface area contributed by atoms with Crippen LogP contribution in [0.1, 0.15) is 33.1 Å². The zero-order valence-electron chi connectivity index (χ0n) is 12.8. The topological polar surface area (TPSA) is 41.7 Å². The van der Waals surface area contributed by atoms with Crippen LogP contribution >= 0.6 is 12.4 Å². The minimum Gasteiger partial charge on any atom is -0.375 e. The molecule has 1 aliphatic heterocycles. The van der Waals surface area contributed by atoms with Crippen LogP contribution in [0, 0.1) is 0 Å². The van der Waals surface area contributed by atoms with Gasteiger partial charge in [-0.2, -0.15) is 0 Å². The Labute approximate surface area is 124 Å². The van der Waals surface area contributed by atoms with Crippen LogP contribution < -0.4 is 5.73 Å². The molecule has 114 valence electrons. The van der Waals surface area contributed by atoms with Crippen molar-refractivity contribution in [3.63, 3.8) is 0 Å². The maximum atomic E-state index is 6.17. The first-order chi connectivity index (χ1) is 8.37. The number of ether oxygens (including phenoxy) is 1. The molecule has 0 bridgehead atoms. The average molecular weight is 292 g/mol. The van der Waals surface area contributed by atoms with Gasteiger partial charge in [0.25, 0.3) is 0 Å². The molecule has 0 aromatic rings. The first-order valence-electron chi connectivity index (χ1n) is 7.18. The fourth-order valence-electron chi connectivity index (χ4n) is 3.36. The molecule has 2 rings (SSSR count). The van der Waals surface area contributed by atoms with Gasteiger partial charge in [0.15, 0.2) is 0 Å². The first kappa shape index (κ1) is 17.2. The Balaban J connectivity index is 0.00000180. The molecular formula is C14H30ClN3O. The molecule has 1 saturated carbocycles. The molecule has 0 spiro atoms. The number of morpholine rings is 1. The lowest BCUT2D eigenvalue weighted by Crippen LogP contribution is -2.59. The molecule has 0 amide bonds. The third kappa shape index (κ3) is 4.57. The van der Waals surface area contributed by atoms with E-state index in [2.05, 4.69) is 37.7 Å². The highest BCUT2D eigenvalue weighted by Gasteiger charge is 2.39. The number of halogens is 1. The maximum absolute atomic E-state index is 6.17. The van der Waals surface area contributed by atoms with E-state index >= 15 is 0 Å². The molecule has 2 aliphatic rings. The minimum absolute atomic E-state index is 0. The molecule has 4 nitrogen and oxygen atoms in total. The molecule has 2 fully saturated rings. The van der Waals surface area contributed by atoms with Crippen LogP contribution in [0.25, 0.3) is 0 Å². The molecule has 0 radical (unpaired) electrons. The standard InChI is InChI=1S/C14H29N3O.ClH/c1-14(2,15)10-17-7-8-18-13-9-11(16(3)4)5-6-12(13)17;/h11-13H,5-10,15H2,1-4H3;1H. The van der Waals surface area contributed by atoms with Gasteiger partial charge in [0, 0.05) is 30.7 Å². The number of nitrogens with zero attached hydrogens (tertiary/aromatic N) is 2. The van der Waals surface area contributed by atoms with E-state index in [4.69, 9.17) is 10.5 Å². The van der Waals surface area contributed by atoms with Gasteiger partial charge in [0.05, 0.1) is 12.7 Å². The largest absolute Gasteiger partial charge is 0.375 e. The number of hydrogen-bond acceptors (Lipinski definition) is 4. The highest BCUT2D eigenvalue weighted by molar-refractivity contribution is 5.85. The van der Waals surface area contributed by atoms with Crippen molar-refractivity contribution >= 4 is 12.4 Å². The number of rotatable bonds is 3. The summed E-state index contributed by atoms with van der Waals surface area (Å²) in [6, 6.07) is 1.26. The van der Waals surface area contributed by atoms with Crippen LogP contribution in [0.15, 0.2) is 0 Å². The monoisotopic (exact) mass is 291 g/mol. The second-order valence-electron chi connectivity index (χ2n) is 6.87. The van der Waals surface area contributed by atoms with Crippen LogP contribution in [0.3, 0.4) is 0 Å². The average Bonchev–Trinajstić information content (AvgIpc) is 2.26. The fraction of sp³-hybridized carbons (Fsp3) is 1.00. The van der Waals surface area contributed by atoms with E-state index in [0.717, 1.165) is 19.7 Å². The van der Waals surface area contributed by atoms with Gasteiger partial charge in [0.2, 0.25) is 0 Å². The molecule has 5 heteroatoms. The summed E-state index contributed by atoms with van der Waals surface area (Å²) < 4.78 is 6.00. The number of nitrogens with two attached hydrogens (primary N) is 1. The molecule has 1 heterocycles. The molecule has 1 aliphatic carbocycles. The van der Waals surface area contributed by atoms with Gasteiger partial charge >= 0.3 is 0 Å². The molecule has 2 N–H and O–H groups in total. The molecule has 3 atom stereocenters. The van der Waals surface area contributed by atoms with Gasteiger partial charge in [-0.05, 0) is 47.2 Å². The van der Waals surface area contributed by atoms with Gasteiger partial charge < -0.3 is 15.4 Å². The van der Waals surface area contributed by atoms with Crippen molar-refractivity contribution in [3.8, 4) is 0 Å². The van der Waals surface area contributed by atoms with Crippen LogP contribution in [-0.2, 0) is 4.74 Å². The van der Waals surface area contributed by atoms with Crippen LogP contribution in [0.2, 0.25) is 0 Å². The second-order valence-corrected chi connectivity index (χ2v) is 6.87. The zero-order chi connectivity index (χ0) is 13.3. The Morgan fingerprint density at radius 1 is 1.32 bits per heavy atom. The van der Waals surface area contributed by atoms with Crippen molar-refractivity contribution in [1.29, 1.82) is 0 Å². The minimum atomic E-state index is -0.111. The van der Waals surface area contributed by atoms with Gasteiger partial charge in [-0.1, -0.05) is 0 Å². The Hall–Kier alpha value is 0.130.